The summed E-state index contributed by atoms with van der Waals surface area (Å²) in [5.74, 6) is 2.79. The van der Waals surface area contributed by atoms with E-state index in [1.54, 1.807) is 26.6 Å². The van der Waals surface area contributed by atoms with Crippen LogP contribution in [0.4, 0.5) is 0 Å². The van der Waals surface area contributed by atoms with Crippen LogP contribution in [0.25, 0.3) is 22.5 Å². The van der Waals surface area contributed by atoms with Crippen molar-refractivity contribution in [3.8, 4) is 34.0 Å². The molecule has 6 nitrogen and oxygen atoms in total. The van der Waals surface area contributed by atoms with E-state index in [0.717, 1.165) is 66.6 Å². The van der Waals surface area contributed by atoms with Crippen molar-refractivity contribution < 1.29 is 9.47 Å². The zero-order chi connectivity index (χ0) is 24.9. The summed E-state index contributed by atoms with van der Waals surface area (Å²) in [6, 6.07) is 18.7. The zero-order valence-electron chi connectivity index (χ0n) is 21.1. The topological polar surface area (TPSA) is 60.4 Å². The highest BCUT2D eigenvalue weighted by atomic mass is 16.5. The zero-order valence-corrected chi connectivity index (χ0v) is 21.1. The third-order valence-corrected chi connectivity index (χ3v) is 6.88. The van der Waals surface area contributed by atoms with Gasteiger partial charge in [-0.2, -0.15) is 0 Å². The maximum absolute atomic E-state index is 5.46. The number of nitrogens with zero attached hydrogens (tertiary/aromatic N) is 4. The van der Waals surface area contributed by atoms with Crippen LogP contribution in [0.15, 0.2) is 73.2 Å². The SMILES string of the molecule is COc1cc(CN2CCC(c3nc(-c4ccncc4)ncc3-c3cccc(C)c3)CC2)cc(OC)c1. The standard InChI is InChI=1S/C30H32N4O2/c1-21-5-4-6-25(15-21)28-19-32-30(24-7-11-31-12-8-24)33-29(28)23-9-13-34(14-10-23)20-22-16-26(35-2)18-27(17-22)36-3/h4-8,11-12,15-19,23H,9-10,13-14,20H2,1-3H3. The summed E-state index contributed by atoms with van der Waals surface area (Å²) in [5, 5.41) is 0. The average molecular weight is 481 g/mol. The molecule has 0 unspecified atom stereocenters. The molecule has 0 aliphatic carbocycles. The Labute approximate surface area is 213 Å². The van der Waals surface area contributed by atoms with Gasteiger partial charge < -0.3 is 9.47 Å². The van der Waals surface area contributed by atoms with Gasteiger partial charge in [0.1, 0.15) is 11.5 Å². The highest BCUT2D eigenvalue weighted by Crippen LogP contribution is 2.36. The summed E-state index contributed by atoms with van der Waals surface area (Å²) in [5.41, 5.74) is 6.88. The van der Waals surface area contributed by atoms with Gasteiger partial charge in [0.15, 0.2) is 5.82 Å². The predicted octanol–water partition coefficient (Wildman–Crippen LogP) is 5.91. The van der Waals surface area contributed by atoms with Gasteiger partial charge >= 0.3 is 0 Å². The third kappa shape index (κ3) is 5.39. The fraction of sp³-hybridized carbons (Fsp3) is 0.300. The number of rotatable bonds is 7. The van der Waals surface area contributed by atoms with Crippen LogP contribution in [0.3, 0.4) is 0 Å². The molecule has 6 heteroatoms. The second-order valence-corrected chi connectivity index (χ2v) is 9.37. The molecule has 0 atom stereocenters. The first-order valence-corrected chi connectivity index (χ1v) is 12.4. The largest absolute Gasteiger partial charge is 0.497 e. The smallest absolute Gasteiger partial charge is 0.159 e. The molecule has 3 heterocycles. The van der Waals surface area contributed by atoms with Crippen molar-refractivity contribution in [2.45, 2.75) is 32.2 Å². The normalized spacial score (nSPS) is 14.5. The Morgan fingerprint density at radius 2 is 1.61 bits per heavy atom. The van der Waals surface area contributed by atoms with Gasteiger partial charge in [-0.15, -0.1) is 0 Å². The van der Waals surface area contributed by atoms with Crippen molar-refractivity contribution in [2.75, 3.05) is 27.3 Å². The Bertz CT molecular complexity index is 1300. The van der Waals surface area contributed by atoms with E-state index in [2.05, 4.69) is 53.2 Å². The second-order valence-electron chi connectivity index (χ2n) is 9.37. The molecule has 0 radical (unpaired) electrons. The van der Waals surface area contributed by atoms with Gasteiger partial charge in [0.25, 0.3) is 0 Å². The molecule has 0 amide bonds. The quantitative estimate of drug-likeness (QED) is 0.328. The number of benzene rings is 2. The summed E-state index contributed by atoms with van der Waals surface area (Å²) in [7, 11) is 3.38. The van der Waals surface area contributed by atoms with E-state index in [-0.39, 0.29) is 0 Å². The Hall–Kier alpha value is -3.77. The van der Waals surface area contributed by atoms with Gasteiger partial charge in [0.2, 0.25) is 0 Å². The number of ether oxygens (including phenoxy) is 2. The Kier molecular flexibility index (Phi) is 7.23. The van der Waals surface area contributed by atoms with Crippen LogP contribution >= 0.6 is 0 Å². The van der Waals surface area contributed by atoms with E-state index < -0.39 is 0 Å². The van der Waals surface area contributed by atoms with Crippen LogP contribution in [-0.4, -0.2) is 47.2 Å². The molecule has 1 saturated heterocycles. The van der Waals surface area contributed by atoms with E-state index in [4.69, 9.17) is 19.4 Å². The summed E-state index contributed by atoms with van der Waals surface area (Å²) >= 11 is 0. The van der Waals surface area contributed by atoms with Crippen LogP contribution in [0.2, 0.25) is 0 Å². The molecule has 1 aliphatic rings. The van der Waals surface area contributed by atoms with Gasteiger partial charge in [-0.3, -0.25) is 9.88 Å². The molecule has 0 N–H and O–H groups in total. The maximum atomic E-state index is 5.46. The summed E-state index contributed by atoms with van der Waals surface area (Å²) < 4.78 is 10.9. The number of hydrogen-bond donors (Lipinski definition) is 0. The monoisotopic (exact) mass is 480 g/mol. The van der Waals surface area contributed by atoms with Crippen molar-refractivity contribution in [3.05, 3.63) is 90.0 Å². The third-order valence-electron chi connectivity index (χ3n) is 6.88. The molecular weight excluding hydrogens is 448 g/mol. The van der Waals surface area contributed by atoms with Gasteiger partial charge in [-0.25, -0.2) is 9.97 Å². The van der Waals surface area contributed by atoms with Crippen LogP contribution in [0.5, 0.6) is 11.5 Å². The Morgan fingerprint density at radius 1 is 0.889 bits per heavy atom. The Morgan fingerprint density at radius 3 is 2.28 bits per heavy atom. The molecule has 5 rings (SSSR count). The highest BCUT2D eigenvalue weighted by Gasteiger charge is 2.25. The van der Waals surface area contributed by atoms with Gasteiger partial charge in [0, 0.05) is 48.2 Å². The van der Waals surface area contributed by atoms with Crippen molar-refractivity contribution in [2.24, 2.45) is 0 Å². The number of aryl methyl sites for hydroxylation is 1. The highest BCUT2D eigenvalue weighted by molar-refractivity contribution is 5.68. The molecule has 0 spiro atoms. The Balaban J connectivity index is 1.39. The lowest BCUT2D eigenvalue weighted by Gasteiger charge is -2.32. The van der Waals surface area contributed by atoms with Crippen LogP contribution in [0, 0.1) is 6.92 Å². The summed E-state index contributed by atoms with van der Waals surface area (Å²) in [6.45, 7) is 5.01. The van der Waals surface area contributed by atoms with E-state index in [0.29, 0.717) is 5.92 Å². The van der Waals surface area contributed by atoms with Crippen molar-refractivity contribution in [3.63, 3.8) is 0 Å². The van der Waals surface area contributed by atoms with E-state index in [1.807, 2.05) is 24.4 Å². The first kappa shape index (κ1) is 23.9. The predicted molar refractivity (Wildman–Crippen MR) is 142 cm³/mol. The molecule has 0 bridgehead atoms. The first-order chi connectivity index (χ1) is 17.6. The summed E-state index contributed by atoms with van der Waals surface area (Å²) in [6.07, 6.45) is 7.68. The molecular formula is C30H32N4O2. The number of piperidine rings is 1. The van der Waals surface area contributed by atoms with Crippen molar-refractivity contribution >= 4 is 0 Å². The molecule has 1 aliphatic heterocycles. The lowest BCUT2D eigenvalue weighted by Crippen LogP contribution is -2.33. The lowest BCUT2D eigenvalue weighted by atomic mass is 9.88. The number of hydrogen-bond acceptors (Lipinski definition) is 6. The van der Waals surface area contributed by atoms with Gasteiger partial charge in [0.05, 0.1) is 19.9 Å². The van der Waals surface area contributed by atoms with E-state index in [9.17, 15) is 0 Å². The van der Waals surface area contributed by atoms with Crippen LogP contribution < -0.4 is 9.47 Å². The van der Waals surface area contributed by atoms with Crippen LogP contribution in [0.1, 0.15) is 35.6 Å². The van der Waals surface area contributed by atoms with Gasteiger partial charge in [-0.1, -0.05) is 29.8 Å². The average Bonchev–Trinajstić information content (AvgIpc) is 2.93. The fourth-order valence-corrected chi connectivity index (χ4v) is 4.96. The summed E-state index contributed by atoms with van der Waals surface area (Å²) in [4.78, 5) is 16.5. The minimum absolute atomic E-state index is 0.375. The van der Waals surface area contributed by atoms with Gasteiger partial charge in [-0.05, 0) is 68.2 Å². The molecule has 184 valence electrons. The minimum atomic E-state index is 0.375. The molecule has 2 aromatic carbocycles. The van der Waals surface area contributed by atoms with Crippen molar-refractivity contribution in [1.29, 1.82) is 0 Å². The number of pyridine rings is 1. The minimum Gasteiger partial charge on any atom is -0.497 e. The van der Waals surface area contributed by atoms with E-state index in [1.165, 1.54) is 16.7 Å². The molecule has 0 saturated carbocycles. The molecule has 36 heavy (non-hydrogen) atoms. The maximum Gasteiger partial charge on any atom is 0.159 e. The van der Waals surface area contributed by atoms with E-state index >= 15 is 0 Å². The fourth-order valence-electron chi connectivity index (χ4n) is 4.96. The number of methoxy groups -OCH3 is 2. The number of likely N-dealkylation sites (tertiary alicyclic amines) is 1. The van der Waals surface area contributed by atoms with Crippen LogP contribution in [-0.2, 0) is 6.54 Å². The molecule has 1 fully saturated rings. The van der Waals surface area contributed by atoms with Crippen molar-refractivity contribution in [1.82, 2.24) is 19.9 Å². The number of aromatic nitrogens is 3. The second kappa shape index (κ2) is 10.9. The first-order valence-electron chi connectivity index (χ1n) is 12.4. The molecule has 2 aromatic heterocycles. The molecule has 4 aromatic rings. The lowest BCUT2D eigenvalue weighted by molar-refractivity contribution is 0.203.